The zero-order valence-electron chi connectivity index (χ0n) is 12.4. The van der Waals surface area contributed by atoms with Crippen LogP contribution in [0.2, 0.25) is 0 Å². The van der Waals surface area contributed by atoms with E-state index in [1.54, 1.807) is 11.2 Å². The van der Waals surface area contributed by atoms with Crippen molar-refractivity contribution in [3.05, 3.63) is 29.8 Å². The number of nitrogens with zero attached hydrogens (tertiary/aromatic N) is 2. The zero-order valence-corrected chi connectivity index (χ0v) is 13.2. The molecule has 0 fully saturated rings. The Labute approximate surface area is 126 Å². The highest BCUT2D eigenvalue weighted by Crippen LogP contribution is 2.15. The first kappa shape index (κ1) is 16.4. The Hall–Kier alpha value is -1.62. The third-order valence-corrected chi connectivity index (χ3v) is 3.10. The standard InChI is InChI=1S/C15H23N3OS/c1-4-6-11-16-15(20)18(3)17-12-13-9-7-8-10-14(13)19-5-2/h7-10,12H,4-6,11H2,1-3H3,(H,16,20). The van der Waals surface area contributed by atoms with Crippen LogP contribution in [0.1, 0.15) is 32.3 Å². The number of ether oxygens (including phenoxy) is 1. The molecule has 1 N–H and O–H groups in total. The molecule has 1 aromatic rings. The number of nitrogens with one attached hydrogen (secondary N) is 1. The maximum Gasteiger partial charge on any atom is 0.189 e. The summed E-state index contributed by atoms with van der Waals surface area (Å²) in [6.07, 6.45) is 4.01. The summed E-state index contributed by atoms with van der Waals surface area (Å²) in [5.41, 5.74) is 0.942. The molecule has 110 valence electrons. The minimum absolute atomic E-state index is 0.628. The zero-order chi connectivity index (χ0) is 14.8. The van der Waals surface area contributed by atoms with E-state index in [2.05, 4.69) is 17.3 Å². The monoisotopic (exact) mass is 293 g/mol. The van der Waals surface area contributed by atoms with Crippen molar-refractivity contribution in [3.8, 4) is 5.75 Å². The summed E-state index contributed by atoms with van der Waals surface area (Å²) in [6.45, 7) is 5.63. The van der Waals surface area contributed by atoms with Crippen LogP contribution in [0.4, 0.5) is 0 Å². The summed E-state index contributed by atoms with van der Waals surface area (Å²) < 4.78 is 5.55. The topological polar surface area (TPSA) is 36.9 Å². The number of thiocarbonyl (C=S) groups is 1. The van der Waals surface area contributed by atoms with Crippen LogP contribution in [0.15, 0.2) is 29.4 Å². The van der Waals surface area contributed by atoms with Crippen molar-refractivity contribution < 1.29 is 4.74 Å². The largest absolute Gasteiger partial charge is 0.493 e. The summed E-state index contributed by atoms with van der Waals surface area (Å²) in [4.78, 5) is 0. The minimum Gasteiger partial charge on any atom is -0.493 e. The lowest BCUT2D eigenvalue weighted by Crippen LogP contribution is -2.34. The molecule has 0 radical (unpaired) electrons. The van der Waals surface area contributed by atoms with Crippen LogP contribution in [0.3, 0.4) is 0 Å². The van der Waals surface area contributed by atoms with E-state index in [0.717, 1.165) is 30.7 Å². The summed E-state index contributed by atoms with van der Waals surface area (Å²) in [5.74, 6) is 0.831. The van der Waals surface area contributed by atoms with Gasteiger partial charge in [-0.1, -0.05) is 25.5 Å². The minimum atomic E-state index is 0.628. The van der Waals surface area contributed by atoms with Crippen LogP contribution in [0.25, 0.3) is 0 Å². The molecule has 0 unspecified atom stereocenters. The maximum atomic E-state index is 5.55. The lowest BCUT2D eigenvalue weighted by molar-refractivity contribution is 0.339. The molecule has 0 spiro atoms. The number of hydrogen-bond acceptors (Lipinski definition) is 3. The average Bonchev–Trinajstić information content (AvgIpc) is 2.46. The van der Waals surface area contributed by atoms with E-state index in [-0.39, 0.29) is 0 Å². The second kappa shape index (κ2) is 9.31. The molecular formula is C15H23N3OS. The van der Waals surface area contributed by atoms with Gasteiger partial charge in [0, 0.05) is 19.2 Å². The van der Waals surface area contributed by atoms with Gasteiger partial charge in [0.1, 0.15) is 5.75 Å². The number of unbranched alkanes of at least 4 members (excludes halogenated alkanes) is 1. The highest BCUT2D eigenvalue weighted by molar-refractivity contribution is 7.80. The van der Waals surface area contributed by atoms with Crippen LogP contribution < -0.4 is 10.1 Å². The fourth-order valence-electron chi connectivity index (χ4n) is 1.56. The number of para-hydroxylation sites is 1. The third kappa shape index (κ3) is 5.57. The average molecular weight is 293 g/mol. The third-order valence-electron chi connectivity index (χ3n) is 2.69. The predicted octanol–water partition coefficient (Wildman–Crippen LogP) is 3.03. The molecular weight excluding hydrogens is 270 g/mol. The summed E-state index contributed by atoms with van der Waals surface area (Å²) >= 11 is 5.26. The first-order valence-electron chi connectivity index (χ1n) is 6.96. The SMILES string of the molecule is CCCCNC(=S)N(C)N=Cc1ccccc1OCC. The Morgan fingerprint density at radius 2 is 2.15 bits per heavy atom. The molecule has 20 heavy (non-hydrogen) atoms. The van der Waals surface area contributed by atoms with E-state index in [9.17, 15) is 0 Å². The highest BCUT2D eigenvalue weighted by atomic mass is 32.1. The Kier molecular flexibility index (Phi) is 7.65. The molecule has 0 amide bonds. The van der Waals surface area contributed by atoms with Crippen molar-refractivity contribution in [3.63, 3.8) is 0 Å². The van der Waals surface area contributed by atoms with E-state index in [1.807, 2.05) is 38.2 Å². The van der Waals surface area contributed by atoms with Gasteiger partial charge in [-0.25, -0.2) is 5.01 Å². The van der Waals surface area contributed by atoms with Crippen molar-refractivity contribution in [1.82, 2.24) is 10.3 Å². The van der Waals surface area contributed by atoms with Crippen LogP contribution in [0.5, 0.6) is 5.75 Å². The van der Waals surface area contributed by atoms with Crippen LogP contribution in [-0.4, -0.2) is 36.5 Å². The van der Waals surface area contributed by atoms with Gasteiger partial charge in [-0.05, 0) is 37.7 Å². The number of hydrazone groups is 1. The lowest BCUT2D eigenvalue weighted by atomic mass is 10.2. The van der Waals surface area contributed by atoms with Crippen LogP contribution in [-0.2, 0) is 0 Å². The normalized spacial score (nSPS) is 10.6. The molecule has 4 nitrogen and oxygen atoms in total. The summed E-state index contributed by atoms with van der Waals surface area (Å²) in [7, 11) is 1.83. The first-order chi connectivity index (χ1) is 9.69. The van der Waals surface area contributed by atoms with E-state index in [4.69, 9.17) is 17.0 Å². The Bertz CT molecular complexity index is 448. The molecule has 0 aliphatic heterocycles. The van der Waals surface area contributed by atoms with E-state index < -0.39 is 0 Å². The van der Waals surface area contributed by atoms with Gasteiger partial charge >= 0.3 is 0 Å². The molecule has 0 atom stereocenters. The Balaban J connectivity index is 2.60. The van der Waals surface area contributed by atoms with Gasteiger partial charge in [-0.2, -0.15) is 5.10 Å². The lowest BCUT2D eigenvalue weighted by Gasteiger charge is -2.15. The van der Waals surface area contributed by atoms with Gasteiger partial charge in [0.15, 0.2) is 5.11 Å². The predicted molar refractivity (Wildman–Crippen MR) is 88.5 cm³/mol. The van der Waals surface area contributed by atoms with Gasteiger partial charge in [0.05, 0.1) is 12.8 Å². The van der Waals surface area contributed by atoms with Gasteiger partial charge in [-0.15, -0.1) is 0 Å². The molecule has 0 aromatic heterocycles. The van der Waals surface area contributed by atoms with Crippen molar-refractivity contribution in [2.75, 3.05) is 20.2 Å². The molecule has 0 aliphatic carbocycles. The van der Waals surface area contributed by atoms with Gasteiger partial charge in [0.2, 0.25) is 0 Å². The maximum absolute atomic E-state index is 5.55. The first-order valence-corrected chi connectivity index (χ1v) is 7.37. The molecule has 0 bridgehead atoms. The van der Waals surface area contributed by atoms with Crippen molar-refractivity contribution in [2.24, 2.45) is 5.10 Å². The van der Waals surface area contributed by atoms with Crippen LogP contribution in [0, 0.1) is 0 Å². The molecule has 0 saturated carbocycles. The summed E-state index contributed by atoms with van der Waals surface area (Å²) in [6, 6.07) is 7.81. The van der Waals surface area contributed by atoms with Gasteiger partial charge in [-0.3, -0.25) is 0 Å². The molecule has 0 aliphatic rings. The Morgan fingerprint density at radius 3 is 2.85 bits per heavy atom. The van der Waals surface area contributed by atoms with Crippen molar-refractivity contribution in [1.29, 1.82) is 0 Å². The number of hydrogen-bond donors (Lipinski definition) is 1. The van der Waals surface area contributed by atoms with Gasteiger partial charge in [0.25, 0.3) is 0 Å². The highest BCUT2D eigenvalue weighted by Gasteiger charge is 2.02. The second-order valence-electron chi connectivity index (χ2n) is 4.32. The van der Waals surface area contributed by atoms with Crippen molar-refractivity contribution in [2.45, 2.75) is 26.7 Å². The van der Waals surface area contributed by atoms with E-state index >= 15 is 0 Å². The number of benzene rings is 1. The molecule has 5 heteroatoms. The van der Waals surface area contributed by atoms with Gasteiger partial charge < -0.3 is 10.1 Å². The molecule has 0 saturated heterocycles. The fourth-order valence-corrected chi connectivity index (χ4v) is 1.71. The molecule has 1 rings (SSSR count). The quantitative estimate of drug-likeness (QED) is 0.363. The number of rotatable bonds is 7. The smallest absolute Gasteiger partial charge is 0.189 e. The molecule has 0 heterocycles. The Morgan fingerprint density at radius 1 is 1.40 bits per heavy atom. The van der Waals surface area contributed by atoms with E-state index in [0.29, 0.717) is 11.7 Å². The summed E-state index contributed by atoms with van der Waals surface area (Å²) in [5, 5.41) is 9.80. The second-order valence-corrected chi connectivity index (χ2v) is 4.71. The molecule has 1 aromatic carbocycles. The van der Waals surface area contributed by atoms with Crippen LogP contribution >= 0.6 is 12.2 Å². The van der Waals surface area contributed by atoms with E-state index in [1.165, 1.54) is 0 Å². The van der Waals surface area contributed by atoms with Crippen molar-refractivity contribution >= 4 is 23.5 Å². The fraction of sp³-hybridized carbons (Fsp3) is 0.467.